The van der Waals surface area contributed by atoms with Gasteiger partial charge in [0.25, 0.3) is 0 Å². The van der Waals surface area contributed by atoms with Gasteiger partial charge in [-0.2, -0.15) is 0 Å². The van der Waals surface area contributed by atoms with Gasteiger partial charge in [-0.15, -0.1) is 0 Å². The maximum atomic E-state index is 3.72. The third-order valence-corrected chi connectivity index (χ3v) is 12.1. The van der Waals surface area contributed by atoms with Crippen LogP contribution in [-0.4, -0.2) is 14.1 Å². The molecule has 0 fully saturated rings. The molecule has 11 aromatic rings. The van der Waals surface area contributed by atoms with Gasteiger partial charge in [0.1, 0.15) is 0 Å². The minimum absolute atomic E-state index is 0.599. The second kappa shape index (κ2) is 13.7. The smallest absolute Gasteiger partial charge is 0.0541 e. The fourth-order valence-corrected chi connectivity index (χ4v) is 9.51. The van der Waals surface area contributed by atoms with Crippen LogP contribution in [0.3, 0.4) is 0 Å². The van der Waals surface area contributed by atoms with Crippen LogP contribution in [0.25, 0.3) is 99.0 Å². The maximum absolute atomic E-state index is 3.72. The Kier molecular flexibility index (Phi) is 8.11. The van der Waals surface area contributed by atoms with Crippen molar-refractivity contribution in [2.75, 3.05) is 0 Å². The third-order valence-electron chi connectivity index (χ3n) is 12.1. The summed E-state index contributed by atoms with van der Waals surface area (Å²) < 4.78 is 4.83. The Morgan fingerprint density at radius 2 is 0.810 bits per heavy atom. The number of aromatic nitrogens is 3. The predicted molar refractivity (Wildman–Crippen MR) is 248 cm³/mol. The molecule has 11 rings (SSSR count). The molecule has 0 radical (unpaired) electrons. The molecule has 0 saturated heterocycles. The fourth-order valence-electron chi connectivity index (χ4n) is 9.51. The number of benzene rings is 8. The molecule has 0 bridgehead atoms. The van der Waals surface area contributed by atoms with Gasteiger partial charge in [0.2, 0.25) is 0 Å². The number of aromatic amines is 1. The molecule has 0 spiro atoms. The Morgan fingerprint density at radius 3 is 1.28 bits per heavy atom. The van der Waals surface area contributed by atoms with Gasteiger partial charge in [0, 0.05) is 54.7 Å². The van der Waals surface area contributed by atoms with Crippen LogP contribution < -0.4 is 0 Å². The average Bonchev–Trinajstić information content (AvgIpc) is 3.90. The molecule has 1 N–H and O–H groups in total. The standard InChI is InChI=1S/C55H45N3/c1-4-11-36-16-24-52-46(29-36)48-33-40(20-26-54(48)57(52)42-12-7-5-8-13-42)38-18-22-50-44(31-38)45-32-39(19-23-51(45)56-50)41-21-27-55-49(34-41)47-30-37(28-35(2)3)17-25-53(47)58(55)43-14-9-6-10-15-43/h5-10,12-27,29-35,56H,4,11,28H2,1-3H3. The summed E-state index contributed by atoms with van der Waals surface area (Å²) in [4.78, 5) is 3.72. The highest BCUT2D eigenvalue weighted by molar-refractivity contribution is 6.14. The van der Waals surface area contributed by atoms with E-state index < -0.39 is 0 Å². The van der Waals surface area contributed by atoms with E-state index in [9.17, 15) is 0 Å². The Morgan fingerprint density at radius 1 is 0.414 bits per heavy atom. The van der Waals surface area contributed by atoms with Gasteiger partial charge in [-0.25, -0.2) is 0 Å². The van der Waals surface area contributed by atoms with Crippen LogP contribution in [0.1, 0.15) is 38.3 Å². The zero-order valence-electron chi connectivity index (χ0n) is 33.3. The van der Waals surface area contributed by atoms with Crippen molar-refractivity contribution in [3.63, 3.8) is 0 Å². The normalized spacial score (nSPS) is 12.1. The van der Waals surface area contributed by atoms with Gasteiger partial charge in [0.05, 0.1) is 22.1 Å². The van der Waals surface area contributed by atoms with Crippen LogP contribution in [0.2, 0.25) is 0 Å². The monoisotopic (exact) mass is 747 g/mol. The molecule has 0 saturated carbocycles. The van der Waals surface area contributed by atoms with E-state index >= 15 is 0 Å². The quantitative estimate of drug-likeness (QED) is 0.160. The van der Waals surface area contributed by atoms with Gasteiger partial charge < -0.3 is 14.1 Å². The third kappa shape index (κ3) is 5.64. The Bertz CT molecular complexity index is 3340. The zero-order valence-corrected chi connectivity index (χ0v) is 33.3. The summed E-state index contributed by atoms with van der Waals surface area (Å²) in [7, 11) is 0. The van der Waals surface area contributed by atoms with Crippen LogP contribution in [0.15, 0.2) is 170 Å². The highest BCUT2D eigenvalue weighted by Crippen LogP contribution is 2.40. The van der Waals surface area contributed by atoms with Gasteiger partial charge in [-0.3, -0.25) is 0 Å². The molecule has 0 atom stereocenters. The summed E-state index contributed by atoms with van der Waals surface area (Å²) >= 11 is 0. The van der Waals surface area contributed by atoms with Crippen LogP contribution in [0, 0.1) is 5.92 Å². The van der Waals surface area contributed by atoms with E-state index in [0.717, 1.165) is 30.3 Å². The maximum Gasteiger partial charge on any atom is 0.0541 e. The number of nitrogens with zero attached hydrogens (tertiary/aromatic N) is 2. The Labute approximate surface area is 338 Å². The molecule has 280 valence electrons. The van der Waals surface area contributed by atoms with Crippen molar-refractivity contribution in [2.24, 2.45) is 5.92 Å². The van der Waals surface area contributed by atoms with Crippen molar-refractivity contribution in [1.29, 1.82) is 0 Å². The predicted octanol–water partition coefficient (Wildman–Crippen LogP) is 15.0. The summed E-state index contributed by atoms with van der Waals surface area (Å²) in [6.07, 6.45) is 3.28. The molecule has 3 heterocycles. The molecule has 0 aliphatic carbocycles. The summed E-state index contributed by atoms with van der Waals surface area (Å²) in [5, 5.41) is 7.68. The number of hydrogen-bond acceptors (Lipinski definition) is 0. The van der Waals surface area contributed by atoms with E-state index in [2.05, 4.69) is 205 Å². The summed E-state index contributed by atoms with van der Waals surface area (Å²) in [5.41, 5.74) is 17.3. The number of nitrogens with one attached hydrogen (secondary N) is 1. The molecule has 58 heavy (non-hydrogen) atoms. The van der Waals surface area contributed by atoms with Crippen LogP contribution in [0.5, 0.6) is 0 Å². The number of para-hydroxylation sites is 2. The van der Waals surface area contributed by atoms with Gasteiger partial charge in [-0.05, 0) is 149 Å². The van der Waals surface area contributed by atoms with Crippen molar-refractivity contribution in [3.8, 4) is 33.6 Å². The highest BCUT2D eigenvalue weighted by Gasteiger charge is 2.17. The molecule has 0 aliphatic rings. The van der Waals surface area contributed by atoms with E-state index in [1.54, 1.807) is 0 Å². The van der Waals surface area contributed by atoms with Gasteiger partial charge in [0.15, 0.2) is 0 Å². The first-order valence-electron chi connectivity index (χ1n) is 20.8. The van der Waals surface area contributed by atoms with Crippen molar-refractivity contribution in [3.05, 3.63) is 181 Å². The first-order chi connectivity index (χ1) is 28.5. The minimum atomic E-state index is 0.599. The second-order valence-electron chi connectivity index (χ2n) is 16.5. The largest absolute Gasteiger partial charge is 0.355 e. The fraction of sp³-hybridized carbons (Fsp3) is 0.127. The molecule has 3 aromatic heterocycles. The van der Waals surface area contributed by atoms with Crippen molar-refractivity contribution in [2.45, 2.75) is 40.0 Å². The summed E-state index contributed by atoms with van der Waals surface area (Å²) in [5.74, 6) is 0.599. The number of rotatable bonds is 8. The van der Waals surface area contributed by atoms with E-state index in [0.29, 0.717) is 5.92 Å². The molecule has 3 heteroatoms. The lowest BCUT2D eigenvalue weighted by atomic mass is 9.97. The van der Waals surface area contributed by atoms with E-state index in [-0.39, 0.29) is 0 Å². The van der Waals surface area contributed by atoms with Crippen LogP contribution in [-0.2, 0) is 12.8 Å². The van der Waals surface area contributed by atoms with E-state index in [1.165, 1.54) is 99.1 Å². The number of aryl methyl sites for hydroxylation is 1. The number of H-pyrrole nitrogens is 1. The number of hydrogen-bond donors (Lipinski definition) is 1. The molecular weight excluding hydrogens is 703 g/mol. The highest BCUT2D eigenvalue weighted by atomic mass is 15.0. The molecular formula is C55H45N3. The average molecular weight is 748 g/mol. The lowest BCUT2D eigenvalue weighted by Gasteiger charge is -2.09. The minimum Gasteiger partial charge on any atom is -0.355 e. The van der Waals surface area contributed by atoms with Gasteiger partial charge in [-0.1, -0.05) is 100.0 Å². The Balaban J connectivity index is 1.04. The van der Waals surface area contributed by atoms with Crippen molar-refractivity contribution >= 4 is 65.4 Å². The van der Waals surface area contributed by atoms with E-state index in [4.69, 9.17) is 0 Å². The number of fused-ring (bicyclic) bond motifs is 9. The van der Waals surface area contributed by atoms with Crippen LogP contribution >= 0.6 is 0 Å². The molecule has 3 nitrogen and oxygen atoms in total. The van der Waals surface area contributed by atoms with Gasteiger partial charge >= 0.3 is 0 Å². The molecule has 8 aromatic carbocycles. The molecule has 0 unspecified atom stereocenters. The van der Waals surface area contributed by atoms with Crippen molar-refractivity contribution < 1.29 is 0 Å². The topological polar surface area (TPSA) is 25.6 Å². The SMILES string of the molecule is CCCc1ccc2c(c1)c1cc(-c3ccc4[nH]c5ccc(-c6ccc7c(c6)c6cc(CC(C)C)ccc6n7-c6ccccc6)cc5c4c3)ccc1n2-c1ccccc1. The van der Waals surface area contributed by atoms with Crippen LogP contribution in [0.4, 0.5) is 0 Å². The summed E-state index contributed by atoms with van der Waals surface area (Å²) in [6.45, 7) is 6.85. The summed E-state index contributed by atoms with van der Waals surface area (Å²) in [6, 6.07) is 63.4. The lowest BCUT2D eigenvalue weighted by Crippen LogP contribution is -1.95. The second-order valence-corrected chi connectivity index (χ2v) is 16.5. The first kappa shape index (κ1) is 34.4. The lowest BCUT2D eigenvalue weighted by molar-refractivity contribution is 0.648. The molecule has 0 aliphatic heterocycles. The zero-order chi connectivity index (χ0) is 38.9. The van der Waals surface area contributed by atoms with Crippen molar-refractivity contribution in [1.82, 2.24) is 14.1 Å². The Hall–Kier alpha value is -6.84. The van der Waals surface area contributed by atoms with E-state index in [1.807, 2.05) is 0 Å². The molecule has 0 amide bonds. The first-order valence-corrected chi connectivity index (χ1v) is 20.8.